The predicted molar refractivity (Wildman–Crippen MR) is 107 cm³/mol. The van der Waals surface area contributed by atoms with Crippen LogP contribution in [0.5, 0.6) is 0 Å². The highest BCUT2D eigenvalue weighted by atomic mass is 19.1. The van der Waals surface area contributed by atoms with Gasteiger partial charge in [0.05, 0.1) is 6.54 Å². The van der Waals surface area contributed by atoms with Gasteiger partial charge in [0.2, 0.25) is 0 Å². The Morgan fingerprint density at radius 1 is 1.19 bits per heavy atom. The lowest BCUT2D eigenvalue weighted by Gasteiger charge is -2.37. The number of halogens is 1. The van der Waals surface area contributed by atoms with Crippen LogP contribution in [-0.2, 0) is 6.54 Å². The molecule has 0 radical (unpaired) electrons. The van der Waals surface area contributed by atoms with Gasteiger partial charge in [0, 0.05) is 45.3 Å². The number of nitrogens with one attached hydrogen (secondary N) is 2. The molecule has 2 rings (SSSR count). The second kappa shape index (κ2) is 10.5. The van der Waals surface area contributed by atoms with Gasteiger partial charge in [-0.15, -0.1) is 0 Å². The third kappa shape index (κ3) is 6.25. The van der Waals surface area contributed by atoms with Gasteiger partial charge < -0.3 is 15.5 Å². The lowest BCUT2D eigenvalue weighted by atomic mass is 10.1. The van der Waals surface area contributed by atoms with E-state index in [9.17, 15) is 4.39 Å². The van der Waals surface area contributed by atoms with Crippen LogP contribution in [0.2, 0.25) is 0 Å². The molecule has 6 heteroatoms. The maximum absolute atomic E-state index is 13.7. The van der Waals surface area contributed by atoms with Gasteiger partial charge >= 0.3 is 0 Å². The molecule has 0 bridgehead atoms. The molecule has 1 saturated heterocycles. The summed E-state index contributed by atoms with van der Waals surface area (Å²) < 4.78 is 13.7. The summed E-state index contributed by atoms with van der Waals surface area (Å²) in [4.78, 5) is 9.61. The van der Waals surface area contributed by atoms with Crippen LogP contribution in [0.15, 0.2) is 23.2 Å². The number of aryl methyl sites for hydroxylation is 1. The Morgan fingerprint density at radius 2 is 1.92 bits per heavy atom. The van der Waals surface area contributed by atoms with Crippen LogP contribution >= 0.6 is 0 Å². The Balaban J connectivity index is 1.85. The molecule has 0 aliphatic carbocycles. The van der Waals surface area contributed by atoms with Crippen LogP contribution in [0.1, 0.15) is 31.9 Å². The average molecular weight is 364 g/mol. The minimum absolute atomic E-state index is 0.171. The first kappa shape index (κ1) is 20.6. The minimum Gasteiger partial charge on any atom is -0.357 e. The molecule has 5 nitrogen and oxygen atoms in total. The fraction of sp³-hybridized carbons (Fsp3) is 0.650. The maximum atomic E-state index is 13.7. The molecule has 146 valence electrons. The van der Waals surface area contributed by atoms with E-state index in [1.54, 1.807) is 19.1 Å². The summed E-state index contributed by atoms with van der Waals surface area (Å²) in [7, 11) is 0. The van der Waals surface area contributed by atoms with Gasteiger partial charge in [-0.05, 0) is 44.5 Å². The second-order valence-electron chi connectivity index (χ2n) is 6.98. The highest BCUT2D eigenvalue weighted by Gasteiger charge is 2.20. The van der Waals surface area contributed by atoms with E-state index in [2.05, 4.69) is 46.2 Å². The topological polar surface area (TPSA) is 42.9 Å². The largest absolute Gasteiger partial charge is 0.357 e. The molecule has 1 atom stereocenters. The molecule has 1 aromatic carbocycles. The second-order valence-corrected chi connectivity index (χ2v) is 6.98. The minimum atomic E-state index is -0.171. The summed E-state index contributed by atoms with van der Waals surface area (Å²) >= 11 is 0. The molecule has 1 aromatic rings. The molecule has 1 unspecified atom stereocenters. The molecule has 0 amide bonds. The van der Waals surface area contributed by atoms with Crippen molar-refractivity contribution in [3.8, 4) is 0 Å². The summed E-state index contributed by atoms with van der Waals surface area (Å²) in [6.45, 7) is 16.1. The first-order valence-corrected chi connectivity index (χ1v) is 9.77. The van der Waals surface area contributed by atoms with Gasteiger partial charge in [0.1, 0.15) is 5.82 Å². The van der Waals surface area contributed by atoms with Crippen LogP contribution in [0.4, 0.5) is 4.39 Å². The number of rotatable bonds is 7. The summed E-state index contributed by atoms with van der Waals surface area (Å²) in [6.07, 6.45) is 0. The highest BCUT2D eigenvalue weighted by molar-refractivity contribution is 5.79. The van der Waals surface area contributed by atoms with E-state index >= 15 is 0 Å². The number of benzene rings is 1. The lowest BCUT2D eigenvalue weighted by molar-refractivity contribution is 0.107. The van der Waals surface area contributed by atoms with Crippen molar-refractivity contribution in [2.45, 2.75) is 40.3 Å². The zero-order valence-electron chi connectivity index (χ0n) is 16.7. The van der Waals surface area contributed by atoms with Gasteiger partial charge in [-0.3, -0.25) is 4.90 Å². The average Bonchev–Trinajstić information content (AvgIpc) is 2.66. The van der Waals surface area contributed by atoms with Crippen molar-refractivity contribution < 1.29 is 4.39 Å². The number of hydrogen-bond acceptors (Lipinski definition) is 3. The van der Waals surface area contributed by atoms with Gasteiger partial charge in [0.25, 0.3) is 0 Å². The zero-order valence-corrected chi connectivity index (χ0v) is 16.7. The summed E-state index contributed by atoms with van der Waals surface area (Å²) in [5, 5.41) is 6.70. The normalized spacial score (nSPS) is 18.0. The van der Waals surface area contributed by atoms with E-state index in [4.69, 9.17) is 0 Å². The number of aliphatic imine (C=N–C) groups is 1. The van der Waals surface area contributed by atoms with Crippen LogP contribution in [-0.4, -0.2) is 67.6 Å². The van der Waals surface area contributed by atoms with Crippen molar-refractivity contribution in [3.63, 3.8) is 0 Å². The lowest BCUT2D eigenvalue weighted by Crippen LogP contribution is -2.53. The quantitative estimate of drug-likeness (QED) is 0.576. The molecule has 26 heavy (non-hydrogen) atoms. The number of nitrogens with zero attached hydrogens (tertiary/aromatic N) is 3. The first-order chi connectivity index (χ1) is 12.5. The predicted octanol–water partition coefficient (Wildman–Crippen LogP) is 2.22. The van der Waals surface area contributed by atoms with Crippen LogP contribution in [0.25, 0.3) is 0 Å². The molecule has 2 N–H and O–H groups in total. The molecule has 0 spiro atoms. The number of piperazine rings is 1. The van der Waals surface area contributed by atoms with E-state index < -0.39 is 0 Å². The smallest absolute Gasteiger partial charge is 0.191 e. The molecule has 1 aliphatic rings. The van der Waals surface area contributed by atoms with Gasteiger partial charge in [-0.1, -0.05) is 19.1 Å². The van der Waals surface area contributed by atoms with Crippen LogP contribution in [0, 0.1) is 12.7 Å². The van der Waals surface area contributed by atoms with Crippen LogP contribution < -0.4 is 10.6 Å². The Labute approximate surface area is 157 Å². The van der Waals surface area contributed by atoms with E-state index in [0.29, 0.717) is 18.2 Å². The summed E-state index contributed by atoms with van der Waals surface area (Å²) in [5.74, 6) is 0.614. The third-order valence-electron chi connectivity index (χ3n) is 5.04. The van der Waals surface area contributed by atoms with Gasteiger partial charge in [-0.25, -0.2) is 9.38 Å². The Bertz CT molecular complexity index is 582. The van der Waals surface area contributed by atoms with E-state index in [-0.39, 0.29) is 5.82 Å². The maximum Gasteiger partial charge on any atom is 0.191 e. The number of likely N-dealkylation sites (N-methyl/N-ethyl adjacent to an activating group) is 1. The number of guanidine groups is 1. The monoisotopic (exact) mass is 363 g/mol. The zero-order chi connectivity index (χ0) is 18.9. The van der Waals surface area contributed by atoms with Crippen molar-refractivity contribution >= 4 is 5.96 Å². The van der Waals surface area contributed by atoms with Gasteiger partial charge in [0.15, 0.2) is 5.96 Å². The fourth-order valence-electron chi connectivity index (χ4n) is 3.14. The van der Waals surface area contributed by atoms with E-state index in [0.717, 1.165) is 57.3 Å². The number of hydrogen-bond donors (Lipinski definition) is 2. The first-order valence-electron chi connectivity index (χ1n) is 9.77. The Hall–Kier alpha value is -1.66. The summed E-state index contributed by atoms with van der Waals surface area (Å²) in [6, 6.07) is 5.76. The molecular weight excluding hydrogens is 329 g/mol. The molecule has 1 fully saturated rings. The van der Waals surface area contributed by atoms with E-state index in [1.165, 1.54) is 0 Å². The molecule has 1 heterocycles. The molecule has 0 aromatic heterocycles. The van der Waals surface area contributed by atoms with E-state index in [1.807, 2.05) is 6.07 Å². The molecular formula is C20H34FN5. The Kier molecular flexibility index (Phi) is 8.32. The van der Waals surface area contributed by atoms with Crippen molar-refractivity contribution in [1.29, 1.82) is 0 Å². The third-order valence-corrected chi connectivity index (χ3v) is 5.04. The standard InChI is InChI=1S/C20H34FN5/c1-5-22-20(24-15-18-8-7-16(3)19(21)13-18)23-14-17(4)26-11-9-25(6-2)10-12-26/h7-8,13,17H,5-6,9-12,14-15H2,1-4H3,(H2,22,23,24). The van der Waals surface area contributed by atoms with Gasteiger partial charge in [-0.2, -0.15) is 0 Å². The fourth-order valence-corrected chi connectivity index (χ4v) is 3.14. The highest BCUT2D eigenvalue weighted by Crippen LogP contribution is 2.10. The van der Waals surface area contributed by atoms with Crippen molar-refractivity contribution in [2.24, 2.45) is 4.99 Å². The SMILES string of the molecule is CCNC(=NCc1ccc(C)c(F)c1)NCC(C)N1CCN(CC)CC1. The van der Waals surface area contributed by atoms with Crippen molar-refractivity contribution in [1.82, 2.24) is 20.4 Å². The molecule has 1 aliphatic heterocycles. The van der Waals surface area contributed by atoms with Crippen molar-refractivity contribution in [3.05, 3.63) is 35.1 Å². The van der Waals surface area contributed by atoms with Crippen LogP contribution in [0.3, 0.4) is 0 Å². The Morgan fingerprint density at radius 3 is 2.54 bits per heavy atom. The van der Waals surface area contributed by atoms with Crippen molar-refractivity contribution in [2.75, 3.05) is 45.8 Å². The molecule has 0 saturated carbocycles. The summed E-state index contributed by atoms with van der Waals surface area (Å²) in [5.41, 5.74) is 1.55.